The predicted octanol–water partition coefficient (Wildman–Crippen LogP) is 3.02. The normalized spacial score (nSPS) is 14.2. The third kappa shape index (κ3) is 5.55. The Morgan fingerprint density at radius 2 is 1.48 bits per heavy atom. The fourth-order valence-electron chi connectivity index (χ4n) is 3.83. The van der Waals surface area contributed by atoms with Crippen LogP contribution in [0.5, 0.6) is 17.2 Å². The number of ether oxygens (including phenoxy) is 3. The molecule has 1 aliphatic rings. The van der Waals surface area contributed by atoms with Crippen LogP contribution >= 0.6 is 0 Å². The Bertz CT molecular complexity index is 892. The van der Waals surface area contributed by atoms with Crippen molar-refractivity contribution in [2.75, 3.05) is 47.5 Å². The van der Waals surface area contributed by atoms with Gasteiger partial charge in [0.1, 0.15) is 0 Å². The molecule has 0 spiro atoms. The lowest BCUT2D eigenvalue weighted by atomic mass is 10.1. The second-order valence-electron chi connectivity index (χ2n) is 7.44. The number of Topliss-reactive ketones (excluding diaryl/α,β-unsaturated/α-hetero) is 1. The van der Waals surface area contributed by atoms with E-state index in [0.717, 1.165) is 18.7 Å². The molecule has 2 aromatic rings. The lowest BCUT2D eigenvalue weighted by molar-refractivity contribution is -0.133. The Balaban J connectivity index is 1.52. The van der Waals surface area contributed by atoms with Gasteiger partial charge in [-0.1, -0.05) is 36.4 Å². The fourth-order valence-corrected chi connectivity index (χ4v) is 3.83. The summed E-state index contributed by atoms with van der Waals surface area (Å²) in [6.45, 7) is 3.51. The molecule has 7 heteroatoms. The van der Waals surface area contributed by atoms with Crippen LogP contribution in [0.25, 0.3) is 0 Å². The molecule has 3 rings (SSSR count). The van der Waals surface area contributed by atoms with E-state index in [1.165, 1.54) is 0 Å². The van der Waals surface area contributed by atoms with Crippen molar-refractivity contribution >= 4 is 11.7 Å². The van der Waals surface area contributed by atoms with E-state index in [1.807, 2.05) is 35.2 Å². The average molecular weight is 427 g/mol. The molecule has 1 fully saturated rings. The molecule has 1 saturated heterocycles. The van der Waals surface area contributed by atoms with Crippen LogP contribution in [0.2, 0.25) is 0 Å². The molecule has 1 aliphatic heterocycles. The molecule has 7 nitrogen and oxygen atoms in total. The summed E-state index contributed by atoms with van der Waals surface area (Å²) in [6, 6.07) is 13.0. The van der Waals surface area contributed by atoms with E-state index in [0.29, 0.717) is 42.4 Å². The predicted molar refractivity (Wildman–Crippen MR) is 118 cm³/mol. The Kier molecular flexibility index (Phi) is 7.89. The van der Waals surface area contributed by atoms with Gasteiger partial charge in [-0.25, -0.2) is 0 Å². The van der Waals surface area contributed by atoms with Crippen LogP contribution < -0.4 is 14.2 Å². The summed E-state index contributed by atoms with van der Waals surface area (Å²) in [5, 5.41) is 0. The SMILES string of the molecule is COc1ccc(CN2CCN(C(=O)CCC(=O)c3ccccc3)CC2)c(OC)c1OC. The standard InChI is InChI=1S/C24H30N2O5/c1-29-21-11-9-19(23(30-2)24(21)31-3)17-25-13-15-26(16-14-25)22(28)12-10-20(27)18-7-5-4-6-8-18/h4-9,11H,10,12-17H2,1-3H3. The van der Waals surface area contributed by atoms with Crippen molar-refractivity contribution in [3.05, 3.63) is 53.6 Å². The zero-order valence-electron chi connectivity index (χ0n) is 18.4. The number of methoxy groups -OCH3 is 3. The first-order valence-electron chi connectivity index (χ1n) is 10.4. The summed E-state index contributed by atoms with van der Waals surface area (Å²) < 4.78 is 16.4. The Morgan fingerprint density at radius 3 is 2.10 bits per heavy atom. The van der Waals surface area contributed by atoms with Crippen molar-refractivity contribution in [1.29, 1.82) is 0 Å². The third-order valence-corrected chi connectivity index (χ3v) is 5.57. The summed E-state index contributed by atoms with van der Waals surface area (Å²) >= 11 is 0. The maximum Gasteiger partial charge on any atom is 0.223 e. The molecular weight excluding hydrogens is 396 g/mol. The van der Waals surface area contributed by atoms with Crippen molar-refractivity contribution in [2.24, 2.45) is 0 Å². The number of amides is 1. The lowest BCUT2D eigenvalue weighted by Crippen LogP contribution is -2.48. The number of nitrogens with zero attached hydrogens (tertiary/aromatic N) is 2. The summed E-state index contributed by atoms with van der Waals surface area (Å²) in [6.07, 6.45) is 0.489. The minimum Gasteiger partial charge on any atom is -0.493 e. The van der Waals surface area contributed by atoms with Gasteiger partial charge in [0.15, 0.2) is 17.3 Å². The van der Waals surface area contributed by atoms with Crippen molar-refractivity contribution in [3.63, 3.8) is 0 Å². The topological polar surface area (TPSA) is 68.3 Å². The molecule has 166 valence electrons. The van der Waals surface area contributed by atoms with Gasteiger partial charge in [0.25, 0.3) is 0 Å². The van der Waals surface area contributed by atoms with Crippen LogP contribution in [0.15, 0.2) is 42.5 Å². The number of ketones is 1. The van der Waals surface area contributed by atoms with Crippen LogP contribution in [0.4, 0.5) is 0 Å². The highest BCUT2D eigenvalue weighted by atomic mass is 16.5. The minimum atomic E-state index is 0.00753. The third-order valence-electron chi connectivity index (χ3n) is 5.57. The molecule has 0 aromatic heterocycles. The number of piperazine rings is 1. The number of hydrogen-bond acceptors (Lipinski definition) is 6. The van der Waals surface area contributed by atoms with Crippen LogP contribution in [0.1, 0.15) is 28.8 Å². The summed E-state index contributed by atoms with van der Waals surface area (Å²) in [4.78, 5) is 28.9. The zero-order valence-corrected chi connectivity index (χ0v) is 18.4. The summed E-state index contributed by atoms with van der Waals surface area (Å²) in [5.74, 6) is 1.92. The summed E-state index contributed by atoms with van der Waals surface area (Å²) in [7, 11) is 4.81. The molecule has 0 N–H and O–H groups in total. The number of rotatable bonds is 9. The molecule has 1 amide bonds. The molecule has 2 aromatic carbocycles. The highest BCUT2D eigenvalue weighted by molar-refractivity contribution is 5.97. The molecule has 0 saturated carbocycles. The Labute approximate surface area is 183 Å². The van der Waals surface area contributed by atoms with Gasteiger partial charge in [-0.3, -0.25) is 14.5 Å². The zero-order chi connectivity index (χ0) is 22.2. The fraction of sp³-hybridized carbons (Fsp3) is 0.417. The number of benzene rings is 2. The van der Waals surface area contributed by atoms with Crippen LogP contribution in [-0.4, -0.2) is 69.0 Å². The molecule has 0 radical (unpaired) electrons. The smallest absolute Gasteiger partial charge is 0.223 e. The highest BCUT2D eigenvalue weighted by Crippen LogP contribution is 2.40. The molecule has 0 aliphatic carbocycles. The first-order chi connectivity index (χ1) is 15.1. The van der Waals surface area contributed by atoms with Gasteiger partial charge in [0.05, 0.1) is 21.3 Å². The van der Waals surface area contributed by atoms with Gasteiger partial charge >= 0.3 is 0 Å². The molecule has 0 atom stereocenters. The van der Waals surface area contributed by atoms with Crippen LogP contribution in [0.3, 0.4) is 0 Å². The minimum absolute atomic E-state index is 0.00753. The van der Waals surface area contributed by atoms with Gasteiger partial charge < -0.3 is 19.1 Å². The van der Waals surface area contributed by atoms with E-state index in [1.54, 1.807) is 33.5 Å². The maximum absolute atomic E-state index is 12.6. The molecule has 1 heterocycles. The van der Waals surface area contributed by atoms with E-state index < -0.39 is 0 Å². The lowest BCUT2D eigenvalue weighted by Gasteiger charge is -2.35. The maximum atomic E-state index is 12.6. The van der Waals surface area contributed by atoms with Crippen molar-refractivity contribution in [2.45, 2.75) is 19.4 Å². The average Bonchev–Trinajstić information content (AvgIpc) is 2.82. The van der Waals surface area contributed by atoms with E-state index in [-0.39, 0.29) is 24.5 Å². The summed E-state index contributed by atoms with van der Waals surface area (Å²) in [5.41, 5.74) is 1.66. The van der Waals surface area contributed by atoms with E-state index in [2.05, 4.69) is 4.90 Å². The second-order valence-corrected chi connectivity index (χ2v) is 7.44. The molecule has 31 heavy (non-hydrogen) atoms. The Morgan fingerprint density at radius 1 is 0.806 bits per heavy atom. The molecule has 0 bridgehead atoms. The number of hydrogen-bond donors (Lipinski definition) is 0. The van der Waals surface area contributed by atoms with Gasteiger partial charge in [-0.2, -0.15) is 0 Å². The first kappa shape index (κ1) is 22.6. The van der Waals surface area contributed by atoms with Crippen molar-refractivity contribution < 1.29 is 23.8 Å². The van der Waals surface area contributed by atoms with Gasteiger partial charge in [0, 0.05) is 56.7 Å². The monoisotopic (exact) mass is 426 g/mol. The number of carbonyl (C=O) groups is 2. The highest BCUT2D eigenvalue weighted by Gasteiger charge is 2.24. The molecule has 0 unspecified atom stereocenters. The van der Waals surface area contributed by atoms with Crippen molar-refractivity contribution in [3.8, 4) is 17.2 Å². The van der Waals surface area contributed by atoms with E-state index in [4.69, 9.17) is 14.2 Å². The largest absolute Gasteiger partial charge is 0.493 e. The van der Waals surface area contributed by atoms with Gasteiger partial charge in [-0.15, -0.1) is 0 Å². The van der Waals surface area contributed by atoms with E-state index >= 15 is 0 Å². The first-order valence-corrected chi connectivity index (χ1v) is 10.4. The number of carbonyl (C=O) groups excluding carboxylic acids is 2. The quantitative estimate of drug-likeness (QED) is 0.574. The molecular formula is C24H30N2O5. The van der Waals surface area contributed by atoms with Gasteiger partial charge in [-0.05, 0) is 6.07 Å². The van der Waals surface area contributed by atoms with Crippen LogP contribution in [0, 0.1) is 0 Å². The Hall–Kier alpha value is -3.06. The van der Waals surface area contributed by atoms with Crippen LogP contribution in [-0.2, 0) is 11.3 Å². The van der Waals surface area contributed by atoms with Crippen molar-refractivity contribution in [1.82, 2.24) is 9.80 Å². The van der Waals surface area contributed by atoms with Gasteiger partial charge in [0.2, 0.25) is 11.7 Å². The second kappa shape index (κ2) is 10.8. The van der Waals surface area contributed by atoms with E-state index in [9.17, 15) is 9.59 Å².